The number of benzene rings is 2. The molecule has 0 N–H and O–H groups in total. The molecule has 33 heavy (non-hydrogen) atoms. The third kappa shape index (κ3) is 6.08. The van der Waals surface area contributed by atoms with Crippen LogP contribution in [0.4, 0.5) is 18.9 Å². The number of hydrogen-bond acceptors (Lipinski definition) is 4. The average molecular weight is 461 g/mol. The van der Waals surface area contributed by atoms with Crippen LogP contribution in [0.5, 0.6) is 0 Å². The van der Waals surface area contributed by atoms with Crippen molar-refractivity contribution in [2.45, 2.75) is 26.1 Å². The number of aryl methyl sites for hydroxylation is 2. The van der Waals surface area contributed by atoms with Gasteiger partial charge in [0.25, 0.3) is 0 Å². The number of likely N-dealkylation sites (N-methyl/N-ethyl adjacent to an activating group) is 1. The van der Waals surface area contributed by atoms with Crippen molar-refractivity contribution < 1.29 is 13.2 Å². The Balaban J connectivity index is 1.43. The molecule has 2 aromatic rings. The molecule has 2 fully saturated rings. The van der Waals surface area contributed by atoms with Crippen LogP contribution in [-0.2, 0) is 6.18 Å². The zero-order valence-electron chi connectivity index (χ0n) is 19.9. The zero-order chi connectivity index (χ0) is 23.6. The summed E-state index contributed by atoms with van der Waals surface area (Å²) in [6.45, 7) is 12.2. The molecule has 1 atom stereocenters. The molecule has 2 saturated heterocycles. The molecule has 0 saturated carbocycles. The second-order valence-electron chi connectivity index (χ2n) is 9.61. The largest absolute Gasteiger partial charge is 0.416 e. The minimum absolute atomic E-state index is 0.335. The van der Waals surface area contributed by atoms with Crippen molar-refractivity contribution in [3.8, 4) is 0 Å². The summed E-state index contributed by atoms with van der Waals surface area (Å²) in [5.41, 5.74) is 3.38. The van der Waals surface area contributed by atoms with Crippen LogP contribution in [0.2, 0.25) is 0 Å². The maximum Gasteiger partial charge on any atom is 0.416 e. The van der Waals surface area contributed by atoms with Crippen LogP contribution < -0.4 is 4.90 Å². The molecule has 2 heterocycles. The molecule has 2 aliphatic heterocycles. The van der Waals surface area contributed by atoms with E-state index < -0.39 is 11.7 Å². The van der Waals surface area contributed by atoms with Crippen molar-refractivity contribution in [2.24, 2.45) is 0 Å². The number of nitrogens with zero attached hydrogens (tertiary/aromatic N) is 4. The van der Waals surface area contributed by atoms with Gasteiger partial charge < -0.3 is 9.80 Å². The smallest absolute Gasteiger partial charge is 0.369 e. The van der Waals surface area contributed by atoms with E-state index in [1.165, 1.54) is 23.3 Å². The molecule has 7 heteroatoms. The highest BCUT2D eigenvalue weighted by molar-refractivity contribution is 5.52. The highest BCUT2D eigenvalue weighted by atomic mass is 19.4. The normalized spacial score (nSPS) is 20.2. The first-order valence-corrected chi connectivity index (χ1v) is 11.8. The SMILES string of the molecule is Cc1ccc(C(CN2CCN(c3cc(C)cc(C(F)(F)F)c3)CC2)N2CCN(C)CC2)cc1. The number of halogens is 3. The van der Waals surface area contributed by atoms with Crippen LogP contribution in [-0.4, -0.2) is 80.7 Å². The lowest BCUT2D eigenvalue weighted by Crippen LogP contribution is -2.52. The van der Waals surface area contributed by atoms with Gasteiger partial charge in [-0.2, -0.15) is 13.2 Å². The predicted molar refractivity (Wildman–Crippen MR) is 128 cm³/mol. The maximum atomic E-state index is 13.3. The van der Waals surface area contributed by atoms with E-state index in [2.05, 4.69) is 57.8 Å². The second-order valence-corrected chi connectivity index (χ2v) is 9.61. The number of anilines is 1. The fourth-order valence-electron chi connectivity index (χ4n) is 4.90. The van der Waals surface area contributed by atoms with E-state index in [9.17, 15) is 13.2 Å². The maximum absolute atomic E-state index is 13.3. The van der Waals surface area contributed by atoms with Gasteiger partial charge in [0.15, 0.2) is 0 Å². The van der Waals surface area contributed by atoms with Gasteiger partial charge in [0.1, 0.15) is 0 Å². The molecule has 0 aromatic heterocycles. The van der Waals surface area contributed by atoms with E-state index in [-0.39, 0.29) is 0 Å². The van der Waals surface area contributed by atoms with Crippen molar-refractivity contribution >= 4 is 5.69 Å². The van der Waals surface area contributed by atoms with Crippen LogP contribution in [0, 0.1) is 13.8 Å². The molecular weight excluding hydrogens is 425 g/mol. The van der Waals surface area contributed by atoms with E-state index in [4.69, 9.17) is 0 Å². The Hall–Kier alpha value is -2.09. The predicted octanol–water partition coefficient (Wildman–Crippen LogP) is 4.43. The van der Waals surface area contributed by atoms with Gasteiger partial charge in [-0.15, -0.1) is 0 Å². The minimum Gasteiger partial charge on any atom is -0.369 e. The Morgan fingerprint density at radius 3 is 2.03 bits per heavy atom. The van der Waals surface area contributed by atoms with Gasteiger partial charge in [-0.1, -0.05) is 29.8 Å². The topological polar surface area (TPSA) is 13.0 Å². The van der Waals surface area contributed by atoms with Gasteiger partial charge in [-0.25, -0.2) is 0 Å². The van der Waals surface area contributed by atoms with Crippen LogP contribution in [0.3, 0.4) is 0 Å². The van der Waals surface area contributed by atoms with E-state index in [0.29, 0.717) is 17.3 Å². The summed E-state index contributed by atoms with van der Waals surface area (Å²) in [7, 11) is 2.17. The van der Waals surface area contributed by atoms with Crippen molar-refractivity contribution in [3.05, 3.63) is 64.7 Å². The van der Waals surface area contributed by atoms with Crippen LogP contribution in [0.15, 0.2) is 42.5 Å². The average Bonchev–Trinajstić information content (AvgIpc) is 2.78. The summed E-state index contributed by atoms with van der Waals surface area (Å²) in [6, 6.07) is 13.6. The van der Waals surface area contributed by atoms with E-state index in [1.807, 2.05) is 6.07 Å². The molecule has 0 radical (unpaired) electrons. The van der Waals surface area contributed by atoms with E-state index in [1.54, 1.807) is 6.92 Å². The Labute approximate surface area is 195 Å². The van der Waals surface area contributed by atoms with Crippen molar-refractivity contribution in [1.29, 1.82) is 0 Å². The van der Waals surface area contributed by atoms with Crippen LogP contribution in [0.25, 0.3) is 0 Å². The summed E-state index contributed by atoms with van der Waals surface area (Å²) in [6.07, 6.45) is -4.31. The third-order valence-electron chi connectivity index (χ3n) is 7.00. The summed E-state index contributed by atoms with van der Waals surface area (Å²) in [4.78, 5) is 9.53. The highest BCUT2D eigenvalue weighted by Crippen LogP contribution is 2.33. The second kappa shape index (κ2) is 10.0. The monoisotopic (exact) mass is 460 g/mol. The quantitative estimate of drug-likeness (QED) is 0.654. The summed E-state index contributed by atoms with van der Waals surface area (Å²) in [5, 5.41) is 0. The van der Waals surface area contributed by atoms with Crippen molar-refractivity contribution in [3.63, 3.8) is 0 Å². The molecule has 2 aliphatic rings. The first kappa shape index (κ1) is 24.0. The first-order chi connectivity index (χ1) is 15.7. The van der Waals surface area contributed by atoms with Crippen LogP contribution in [0.1, 0.15) is 28.3 Å². The van der Waals surface area contributed by atoms with Gasteiger partial charge in [-0.3, -0.25) is 9.80 Å². The van der Waals surface area contributed by atoms with Crippen LogP contribution >= 0.6 is 0 Å². The minimum atomic E-state index is -4.31. The Kier molecular flexibility index (Phi) is 7.31. The molecule has 1 unspecified atom stereocenters. The molecule has 2 aromatic carbocycles. The fraction of sp³-hybridized carbons (Fsp3) is 0.538. The van der Waals surface area contributed by atoms with Crippen molar-refractivity contribution in [1.82, 2.24) is 14.7 Å². The lowest BCUT2D eigenvalue weighted by atomic mass is 10.0. The standard InChI is InChI=1S/C26H35F3N4/c1-20-4-6-22(7-5-20)25(33-12-8-30(3)9-13-33)19-31-10-14-32(15-11-31)24-17-21(2)16-23(18-24)26(27,28)29/h4-7,16-18,25H,8-15,19H2,1-3H3. The molecule has 0 amide bonds. The summed E-state index contributed by atoms with van der Waals surface area (Å²) < 4.78 is 39.8. The molecule has 0 bridgehead atoms. The van der Waals surface area contributed by atoms with Gasteiger partial charge >= 0.3 is 6.18 Å². The number of rotatable bonds is 5. The Morgan fingerprint density at radius 1 is 0.788 bits per heavy atom. The lowest BCUT2D eigenvalue weighted by molar-refractivity contribution is -0.137. The Bertz CT molecular complexity index is 912. The summed E-state index contributed by atoms with van der Waals surface area (Å²) in [5.74, 6) is 0. The first-order valence-electron chi connectivity index (χ1n) is 11.8. The molecule has 0 spiro atoms. The Morgan fingerprint density at radius 2 is 1.42 bits per heavy atom. The fourth-order valence-corrected chi connectivity index (χ4v) is 4.90. The van der Waals surface area contributed by atoms with Crippen molar-refractivity contribution in [2.75, 3.05) is 70.9 Å². The van der Waals surface area contributed by atoms with Gasteiger partial charge in [0, 0.05) is 70.6 Å². The van der Waals surface area contributed by atoms with E-state index >= 15 is 0 Å². The molecular formula is C26H35F3N4. The lowest BCUT2D eigenvalue weighted by Gasteiger charge is -2.42. The van der Waals surface area contributed by atoms with Gasteiger partial charge in [0.05, 0.1) is 5.56 Å². The van der Waals surface area contributed by atoms with Gasteiger partial charge in [0.2, 0.25) is 0 Å². The zero-order valence-corrected chi connectivity index (χ0v) is 19.9. The third-order valence-corrected chi connectivity index (χ3v) is 7.00. The number of piperazine rings is 2. The summed E-state index contributed by atoms with van der Waals surface area (Å²) >= 11 is 0. The molecule has 0 aliphatic carbocycles. The number of hydrogen-bond donors (Lipinski definition) is 0. The van der Waals surface area contributed by atoms with E-state index in [0.717, 1.165) is 58.9 Å². The molecule has 4 rings (SSSR count). The molecule has 180 valence electrons. The molecule has 4 nitrogen and oxygen atoms in total. The van der Waals surface area contributed by atoms with Gasteiger partial charge in [-0.05, 0) is 50.2 Å². The highest BCUT2D eigenvalue weighted by Gasteiger charge is 2.32. The number of alkyl halides is 3.